The van der Waals surface area contributed by atoms with Gasteiger partial charge in [-0.2, -0.15) is 15.3 Å². The highest BCUT2D eigenvalue weighted by Gasteiger charge is 2.24. The van der Waals surface area contributed by atoms with Crippen molar-refractivity contribution in [3.63, 3.8) is 0 Å². The van der Waals surface area contributed by atoms with Crippen LogP contribution in [0.3, 0.4) is 0 Å². The van der Waals surface area contributed by atoms with E-state index in [9.17, 15) is 9.90 Å². The van der Waals surface area contributed by atoms with Gasteiger partial charge in [0, 0.05) is 5.56 Å². The lowest BCUT2D eigenvalue weighted by atomic mass is 10.2. The van der Waals surface area contributed by atoms with Crippen LogP contribution in [0.25, 0.3) is 17.6 Å². The van der Waals surface area contributed by atoms with Gasteiger partial charge in [0.15, 0.2) is 11.0 Å². The van der Waals surface area contributed by atoms with Gasteiger partial charge in [0.1, 0.15) is 18.4 Å². The molecule has 0 aliphatic carbocycles. The number of phenolic OH excluding ortho intramolecular Hbond substituents is 1. The smallest absolute Gasteiger partial charge is 0.264 e. The van der Waals surface area contributed by atoms with E-state index in [0.29, 0.717) is 27.0 Å². The van der Waals surface area contributed by atoms with E-state index in [1.807, 2.05) is 37.3 Å². The highest BCUT2D eigenvalue weighted by atomic mass is 32.2. The van der Waals surface area contributed by atoms with Gasteiger partial charge < -0.3 is 5.11 Å². The highest BCUT2D eigenvalue weighted by molar-refractivity contribution is 8.18. The molecule has 4 aromatic rings. The Bertz CT molecular complexity index is 1440. The summed E-state index contributed by atoms with van der Waals surface area (Å²) in [6.45, 7) is 1.87. The molecule has 2 aromatic heterocycles. The number of carbonyl (C=O) groups is 1. The molecule has 2 N–H and O–H groups in total. The van der Waals surface area contributed by atoms with Crippen molar-refractivity contribution >= 4 is 35.1 Å². The molecule has 3 heterocycles. The standard InChI is InChI=1S/C23H18N8O2S/c1-15-18(22(30-14-24-13-26-30)31(29-15)17-8-3-2-4-9-17)12-25-28-23-27-21(33)20(34-23)11-16-7-5-6-10-19(16)32/h2-14,32H,1H3,(H,27,28,33). The second-order valence-corrected chi connectivity index (χ2v) is 8.21. The third-order valence-corrected chi connectivity index (χ3v) is 5.83. The molecule has 0 bridgehead atoms. The largest absolute Gasteiger partial charge is 0.507 e. The lowest BCUT2D eigenvalue weighted by Crippen LogP contribution is -2.19. The van der Waals surface area contributed by atoms with Gasteiger partial charge in [-0.05, 0) is 43.0 Å². The normalized spacial score (nSPS) is 16.1. The molecule has 0 radical (unpaired) electrons. The molecule has 11 heteroatoms. The Morgan fingerprint density at radius 2 is 1.91 bits per heavy atom. The Balaban J connectivity index is 1.45. The average molecular weight is 471 g/mol. The predicted octanol–water partition coefficient (Wildman–Crippen LogP) is 3.06. The monoisotopic (exact) mass is 470 g/mol. The fourth-order valence-corrected chi connectivity index (χ4v) is 4.10. The Morgan fingerprint density at radius 1 is 1.12 bits per heavy atom. The van der Waals surface area contributed by atoms with E-state index in [0.717, 1.165) is 23.1 Å². The SMILES string of the molecule is Cc1nn(-c2ccccc2)c(-n2cncn2)c1C=N/N=C1/NC(=O)C(=Cc2ccccc2O)S1. The van der Waals surface area contributed by atoms with E-state index in [2.05, 4.69) is 30.7 Å². The summed E-state index contributed by atoms with van der Waals surface area (Å²) in [4.78, 5) is 16.8. The van der Waals surface area contributed by atoms with Crippen LogP contribution in [0.4, 0.5) is 0 Å². The van der Waals surface area contributed by atoms with Gasteiger partial charge in [-0.15, -0.1) is 5.10 Å². The zero-order chi connectivity index (χ0) is 23.5. The molecule has 1 aliphatic rings. The molecule has 2 aromatic carbocycles. The number of phenols is 1. The minimum absolute atomic E-state index is 0.0957. The average Bonchev–Trinajstić information content (AvgIpc) is 3.56. The Hall–Kier alpha value is -4.51. The number of amidine groups is 1. The van der Waals surface area contributed by atoms with Gasteiger partial charge in [-0.1, -0.05) is 36.4 Å². The molecular formula is C23H18N8O2S. The molecule has 10 nitrogen and oxygen atoms in total. The summed E-state index contributed by atoms with van der Waals surface area (Å²) in [6, 6.07) is 16.5. The summed E-state index contributed by atoms with van der Waals surface area (Å²) in [5.74, 6) is 0.449. The number of para-hydroxylation sites is 2. The highest BCUT2D eigenvalue weighted by Crippen LogP contribution is 2.29. The van der Waals surface area contributed by atoms with E-state index in [1.165, 1.54) is 6.33 Å². The lowest BCUT2D eigenvalue weighted by Gasteiger charge is -2.07. The number of benzene rings is 2. The van der Waals surface area contributed by atoms with Crippen molar-refractivity contribution in [3.8, 4) is 17.3 Å². The minimum atomic E-state index is -0.307. The summed E-state index contributed by atoms with van der Waals surface area (Å²) >= 11 is 1.14. The van der Waals surface area contributed by atoms with Gasteiger partial charge in [0.2, 0.25) is 0 Å². The summed E-state index contributed by atoms with van der Waals surface area (Å²) < 4.78 is 3.37. The number of aromatic nitrogens is 5. The van der Waals surface area contributed by atoms with Crippen molar-refractivity contribution in [2.45, 2.75) is 6.92 Å². The number of hydrogen-bond acceptors (Lipinski definition) is 8. The lowest BCUT2D eigenvalue weighted by molar-refractivity contribution is -0.115. The van der Waals surface area contributed by atoms with Crippen molar-refractivity contribution in [2.75, 3.05) is 0 Å². The zero-order valence-corrected chi connectivity index (χ0v) is 18.7. The Labute approximate surface area is 198 Å². The molecule has 1 amide bonds. The van der Waals surface area contributed by atoms with Gasteiger partial charge in [0.25, 0.3) is 5.91 Å². The van der Waals surface area contributed by atoms with E-state index in [-0.39, 0.29) is 11.7 Å². The van der Waals surface area contributed by atoms with Gasteiger partial charge >= 0.3 is 0 Å². The fourth-order valence-electron chi connectivity index (χ4n) is 3.33. The van der Waals surface area contributed by atoms with E-state index in [4.69, 9.17) is 0 Å². The molecule has 1 saturated heterocycles. The molecule has 0 atom stereocenters. The van der Waals surface area contributed by atoms with Crippen LogP contribution in [-0.4, -0.2) is 46.9 Å². The molecule has 5 rings (SSSR count). The van der Waals surface area contributed by atoms with Crippen LogP contribution in [0.2, 0.25) is 0 Å². The maximum absolute atomic E-state index is 12.3. The number of carbonyl (C=O) groups excluding carboxylic acids is 1. The topological polar surface area (TPSA) is 123 Å². The van der Waals surface area contributed by atoms with Gasteiger partial charge in [-0.3, -0.25) is 10.1 Å². The first kappa shape index (κ1) is 21.3. The van der Waals surface area contributed by atoms with Crippen LogP contribution < -0.4 is 5.32 Å². The first-order chi connectivity index (χ1) is 16.6. The summed E-state index contributed by atoms with van der Waals surface area (Å²) in [5, 5.41) is 30.2. The number of thioether (sulfide) groups is 1. The Kier molecular flexibility index (Phi) is 5.75. The number of amides is 1. The number of nitrogens with zero attached hydrogens (tertiary/aromatic N) is 7. The van der Waals surface area contributed by atoms with E-state index < -0.39 is 0 Å². The first-order valence-corrected chi connectivity index (χ1v) is 11.0. The van der Waals surface area contributed by atoms with Crippen LogP contribution in [0, 0.1) is 6.92 Å². The van der Waals surface area contributed by atoms with Crippen molar-refractivity contribution in [2.24, 2.45) is 10.2 Å². The number of aromatic hydroxyl groups is 1. The van der Waals surface area contributed by atoms with Crippen LogP contribution in [0.15, 0.2) is 82.4 Å². The van der Waals surface area contributed by atoms with E-state index in [1.54, 1.807) is 52.2 Å². The van der Waals surface area contributed by atoms with Crippen LogP contribution in [0.1, 0.15) is 16.8 Å². The molecule has 0 saturated carbocycles. The summed E-state index contributed by atoms with van der Waals surface area (Å²) in [5.41, 5.74) is 2.84. The Morgan fingerprint density at radius 3 is 2.68 bits per heavy atom. The zero-order valence-electron chi connectivity index (χ0n) is 17.9. The third-order valence-electron chi connectivity index (χ3n) is 4.93. The number of hydrogen-bond donors (Lipinski definition) is 2. The van der Waals surface area contributed by atoms with E-state index >= 15 is 0 Å². The second kappa shape index (κ2) is 9.16. The van der Waals surface area contributed by atoms with Crippen LogP contribution >= 0.6 is 11.8 Å². The number of nitrogens with one attached hydrogen (secondary N) is 1. The fraction of sp³-hybridized carbons (Fsp3) is 0.0435. The number of aryl methyl sites for hydroxylation is 1. The number of rotatable bonds is 5. The van der Waals surface area contributed by atoms with Gasteiger partial charge in [-0.25, -0.2) is 14.3 Å². The molecule has 1 fully saturated rings. The molecule has 0 spiro atoms. The quantitative estimate of drug-likeness (QED) is 0.263. The van der Waals surface area contributed by atoms with Crippen molar-refractivity contribution in [1.82, 2.24) is 29.9 Å². The first-order valence-electron chi connectivity index (χ1n) is 10.2. The second-order valence-electron chi connectivity index (χ2n) is 7.18. The minimum Gasteiger partial charge on any atom is -0.507 e. The molecular weight excluding hydrogens is 452 g/mol. The van der Waals surface area contributed by atoms with Crippen LogP contribution in [-0.2, 0) is 4.79 Å². The maximum Gasteiger partial charge on any atom is 0.264 e. The molecule has 34 heavy (non-hydrogen) atoms. The molecule has 168 valence electrons. The van der Waals surface area contributed by atoms with Crippen molar-refractivity contribution in [3.05, 3.63) is 89.0 Å². The molecule has 0 unspecified atom stereocenters. The third kappa shape index (κ3) is 4.24. The van der Waals surface area contributed by atoms with Crippen molar-refractivity contribution in [1.29, 1.82) is 0 Å². The summed E-state index contributed by atoms with van der Waals surface area (Å²) in [6.07, 6.45) is 6.21. The predicted molar refractivity (Wildman–Crippen MR) is 130 cm³/mol. The van der Waals surface area contributed by atoms with Crippen molar-refractivity contribution < 1.29 is 9.90 Å². The van der Waals surface area contributed by atoms with Gasteiger partial charge in [0.05, 0.1) is 28.1 Å². The summed E-state index contributed by atoms with van der Waals surface area (Å²) in [7, 11) is 0. The van der Waals surface area contributed by atoms with Crippen LogP contribution in [0.5, 0.6) is 5.75 Å². The maximum atomic E-state index is 12.3. The molecule has 1 aliphatic heterocycles.